The molecule has 2 rings (SSSR count). The number of amides is 1. The Morgan fingerprint density at radius 3 is 2.35 bits per heavy atom. The minimum absolute atomic E-state index is 0.249. The van der Waals surface area contributed by atoms with Crippen molar-refractivity contribution in [2.24, 2.45) is 5.92 Å². The van der Waals surface area contributed by atoms with Gasteiger partial charge in [-0.25, -0.2) is 0 Å². The van der Waals surface area contributed by atoms with Crippen LogP contribution in [-0.4, -0.2) is 73.5 Å². The highest BCUT2D eigenvalue weighted by atomic mass is 35.5. The third kappa shape index (κ3) is 6.90. The van der Waals surface area contributed by atoms with Crippen molar-refractivity contribution in [3.8, 4) is 0 Å². The maximum atomic E-state index is 12.4. The average Bonchev–Trinajstić information content (AvgIpc) is 2.66. The molecule has 146 valence electrons. The minimum Gasteiger partial charge on any atom is -0.344 e. The number of carbonyl (C=O) groups is 1. The Kier molecular flexibility index (Phi) is 8.89. The van der Waals surface area contributed by atoms with Crippen LogP contribution in [0.25, 0.3) is 0 Å². The molecule has 5 heteroatoms. The van der Waals surface area contributed by atoms with Crippen molar-refractivity contribution < 1.29 is 4.79 Å². The van der Waals surface area contributed by atoms with Crippen molar-refractivity contribution in [3.05, 3.63) is 34.9 Å². The summed E-state index contributed by atoms with van der Waals surface area (Å²) in [4.78, 5) is 19.0. The van der Waals surface area contributed by atoms with E-state index in [0.717, 1.165) is 50.7 Å². The predicted octanol–water partition coefficient (Wildman–Crippen LogP) is 3.39. The van der Waals surface area contributed by atoms with E-state index < -0.39 is 0 Å². The van der Waals surface area contributed by atoms with Crippen LogP contribution < -0.4 is 0 Å². The lowest BCUT2D eigenvalue weighted by Gasteiger charge is -2.34. The van der Waals surface area contributed by atoms with Gasteiger partial charge in [-0.15, -0.1) is 0 Å². The quantitative estimate of drug-likeness (QED) is 0.658. The number of halogens is 1. The lowest BCUT2D eigenvalue weighted by molar-refractivity contribution is -0.131. The van der Waals surface area contributed by atoms with Crippen LogP contribution in [0.5, 0.6) is 0 Å². The SMILES string of the molecule is CCN(CC)CC(=O)N(C)CC1CCN(CCc2ccc(Cl)cc2)CC1. The van der Waals surface area contributed by atoms with Crippen molar-refractivity contribution in [1.29, 1.82) is 0 Å². The summed E-state index contributed by atoms with van der Waals surface area (Å²) in [6.07, 6.45) is 3.44. The second-order valence-corrected chi connectivity index (χ2v) is 7.83. The Morgan fingerprint density at radius 2 is 1.77 bits per heavy atom. The first kappa shape index (κ1) is 21.2. The van der Waals surface area contributed by atoms with Gasteiger partial charge in [-0.05, 0) is 69.1 Å². The molecule has 0 atom stereocenters. The lowest BCUT2D eigenvalue weighted by atomic mass is 9.96. The lowest BCUT2D eigenvalue weighted by Crippen LogP contribution is -2.43. The summed E-state index contributed by atoms with van der Waals surface area (Å²) in [7, 11) is 1.96. The molecule has 4 nitrogen and oxygen atoms in total. The molecule has 0 unspecified atom stereocenters. The second-order valence-electron chi connectivity index (χ2n) is 7.40. The van der Waals surface area contributed by atoms with E-state index in [4.69, 9.17) is 11.6 Å². The first-order valence-corrected chi connectivity index (χ1v) is 10.3. The van der Waals surface area contributed by atoms with Crippen LogP contribution in [0.1, 0.15) is 32.3 Å². The Balaban J connectivity index is 1.67. The van der Waals surface area contributed by atoms with Gasteiger partial charge in [-0.1, -0.05) is 37.6 Å². The fourth-order valence-electron chi connectivity index (χ4n) is 3.58. The smallest absolute Gasteiger partial charge is 0.236 e. The highest BCUT2D eigenvalue weighted by molar-refractivity contribution is 6.30. The summed E-state index contributed by atoms with van der Waals surface area (Å²) in [5.41, 5.74) is 1.35. The number of likely N-dealkylation sites (tertiary alicyclic amines) is 1. The van der Waals surface area contributed by atoms with E-state index in [9.17, 15) is 4.79 Å². The van der Waals surface area contributed by atoms with Gasteiger partial charge in [0.25, 0.3) is 0 Å². The van der Waals surface area contributed by atoms with Crippen molar-refractivity contribution in [1.82, 2.24) is 14.7 Å². The number of nitrogens with zero attached hydrogens (tertiary/aromatic N) is 3. The van der Waals surface area contributed by atoms with Gasteiger partial charge in [0.2, 0.25) is 5.91 Å². The van der Waals surface area contributed by atoms with Crippen LogP contribution in [0.3, 0.4) is 0 Å². The molecule has 0 saturated carbocycles. The van der Waals surface area contributed by atoms with E-state index in [0.29, 0.717) is 12.5 Å². The summed E-state index contributed by atoms with van der Waals surface area (Å²) >= 11 is 5.94. The molecule has 26 heavy (non-hydrogen) atoms. The largest absolute Gasteiger partial charge is 0.344 e. The van der Waals surface area contributed by atoms with E-state index in [1.54, 1.807) is 0 Å². The van der Waals surface area contributed by atoms with Crippen LogP contribution in [0.4, 0.5) is 0 Å². The van der Waals surface area contributed by atoms with Gasteiger partial charge in [0.1, 0.15) is 0 Å². The first-order chi connectivity index (χ1) is 12.5. The van der Waals surface area contributed by atoms with Gasteiger partial charge in [0.05, 0.1) is 6.54 Å². The van der Waals surface area contributed by atoms with Crippen LogP contribution in [-0.2, 0) is 11.2 Å². The number of benzene rings is 1. The summed E-state index contributed by atoms with van der Waals surface area (Å²) in [6, 6.07) is 8.17. The molecular formula is C21H34ClN3O. The van der Waals surface area contributed by atoms with Gasteiger partial charge >= 0.3 is 0 Å². The maximum Gasteiger partial charge on any atom is 0.236 e. The monoisotopic (exact) mass is 379 g/mol. The van der Waals surface area contributed by atoms with Gasteiger partial charge in [-0.2, -0.15) is 0 Å². The Hall–Kier alpha value is -1.10. The summed E-state index contributed by atoms with van der Waals surface area (Å²) < 4.78 is 0. The van der Waals surface area contributed by atoms with E-state index in [-0.39, 0.29) is 5.91 Å². The maximum absolute atomic E-state index is 12.4. The first-order valence-electron chi connectivity index (χ1n) is 9.94. The average molecular weight is 380 g/mol. The van der Waals surface area contributed by atoms with Crippen LogP contribution in [0.15, 0.2) is 24.3 Å². The van der Waals surface area contributed by atoms with Crippen molar-refractivity contribution in [3.63, 3.8) is 0 Å². The predicted molar refractivity (Wildman–Crippen MR) is 110 cm³/mol. The standard InChI is InChI=1S/C21H34ClN3O/c1-4-24(5-2)17-21(26)23(3)16-19-11-14-25(15-12-19)13-10-18-6-8-20(22)9-7-18/h6-9,19H,4-5,10-17H2,1-3H3. The minimum atomic E-state index is 0.249. The Bertz CT molecular complexity index is 537. The molecule has 0 aliphatic carbocycles. The number of rotatable bonds is 9. The molecule has 1 aliphatic heterocycles. The number of piperidine rings is 1. The fourth-order valence-corrected chi connectivity index (χ4v) is 3.71. The van der Waals surface area contributed by atoms with E-state index in [1.807, 2.05) is 24.1 Å². The highest BCUT2D eigenvalue weighted by Gasteiger charge is 2.22. The molecule has 1 aliphatic rings. The molecular weight excluding hydrogens is 346 g/mol. The zero-order valence-corrected chi connectivity index (χ0v) is 17.3. The molecule has 0 aromatic heterocycles. The molecule has 0 N–H and O–H groups in total. The molecule has 0 spiro atoms. The third-order valence-corrected chi connectivity index (χ3v) is 5.80. The molecule has 0 radical (unpaired) electrons. The normalized spacial score (nSPS) is 16.2. The number of likely N-dealkylation sites (N-methyl/N-ethyl adjacent to an activating group) is 2. The third-order valence-electron chi connectivity index (χ3n) is 5.55. The van der Waals surface area contributed by atoms with Crippen LogP contribution in [0, 0.1) is 5.92 Å². The van der Waals surface area contributed by atoms with E-state index in [1.165, 1.54) is 18.4 Å². The molecule has 1 saturated heterocycles. The number of carbonyl (C=O) groups excluding carboxylic acids is 1. The van der Waals surface area contributed by atoms with E-state index >= 15 is 0 Å². The van der Waals surface area contributed by atoms with Gasteiger partial charge < -0.3 is 9.80 Å². The van der Waals surface area contributed by atoms with Gasteiger partial charge in [-0.3, -0.25) is 9.69 Å². The molecule has 0 bridgehead atoms. The van der Waals surface area contributed by atoms with Gasteiger partial charge in [0, 0.05) is 25.2 Å². The van der Waals surface area contributed by atoms with Crippen LogP contribution in [0.2, 0.25) is 5.02 Å². The zero-order chi connectivity index (χ0) is 18.9. The van der Waals surface area contributed by atoms with E-state index in [2.05, 4.69) is 35.8 Å². The second kappa shape index (κ2) is 10.9. The van der Waals surface area contributed by atoms with Crippen molar-refractivity contribution in [2.45, 2.75) is 33.1 Å². The zero-order valence-electron chi connectivity index (χ0n) is 16.6. The Morgan fingerprint density at radius 1 is 1.15 bits per heavy atom. The Labute approximate surface area is 164 Å². The summed E-state index contributed by atoms with van der Waals surface area (Å²) in [5.74, 6) is 0.881. The van der Waals surface area contributed by atoms with Crippen LogP contribution >= 0.6 is 11.6 Å². The molecule has 1 amide bonds. The summed E-state index contributed by atoms with van der Waals surface area (Å²) in [6.45, 7) is 10.9. The molecule has 1 aromatic carbocycles. The topological polar surface area (TPSA) is 26.8 Å². The molecule has 1 aromatic rings. The van der Waals surface area contributed by atoms with Gasteiger partial charge in [0.15, 0.2) is 0 Å². The molecule has 1 fully saturated rings. The van der Waals surface area contributed by atoms with Crippen molar-refractivity contribution in [2.75, 3.05) is 52.9 Å². The molecule has 1 heterocycles. The summed E-state index contributed by atoms with van der Waals surface area (Å²) in [5, 5.41) is 0.800. The van der Waals surface area contributed by atoms with Crippen molar-refractivity contribution >= 4 is 17.5 Å². The fraction of sp³-hybridized carbons (Fsp3) is 0.667. The number of hydrogen-bond acceptors (Lipinski definition) is 3. The number of hydrogen-bond donors (Lipinski definition) is 0. The highest BCUT2D eigenvalue weighted by Crippen LogP contribution is 2.19.